The lowest BCUT2D eigenvalue weighted by Crippen LogP contribution is -2.42. The van der Waals surface area contributed by atoms with E-state index in [1.807, 2.05) is 38.7 Å². The van der Waals surface area contributed by atoms with E-state index in [4.69, 9.17) is 0 Å². The van der Waals surface area contributed by atoms with E-state index in [0.29, 0.717) is 11.7 Å². The minimum Gasteiger partial charge on any atom is -0.337 e. The predicted octanol–water partition coefficient (Wildman–Crippen LogP) is 2.23. The third kappa shape index (κ3) is 2.82. The number of rotatable bonds is 2. The van der Waals surface area contributed by atoms with Crippen molar-refractivity contribution in [1.29, 1.82) is 0 Å². The van der Waals surface area contributed by atoms with Crippen LogP contribution in [0, 0.1) is 5.92 Å². The molecule has 1 aliphatic heterocycles. The molecule has 3 heterocycles. The third-order valence-electron chi connectivity index (χ3n) is 5.14. The van der Waals surface area contributed by atoms with Gasteiger partial charge in [0.25, 0.3) is 0 Å². The van der Waals surface area contributed by atoms with E-state index >= 15 is 0 Å². The number of hydrogen-bond donors (Lipinski definition) is 1. The third-order valence-corrected chi connectivity index (χ3v) is 6.17. The summed E-state index contributed by atoms with van der Waals surface area (Å²) >= 11 is 1.52. The van der Waals surface area contributed by atoms with Crippen LogP contribution in [0.5, 0.6) is 0 Å². The largest absolute Gasteiger partial charge is 0.337 e. The maximum Gasteiger partial charge on any atom is 0.231 e. The lowest BCUT2D eigenvalue weighted by molar-refractivity contribution is -0.131. The number of carbonyl (C=O) groups is 2. The van der Waals surface area contributed by atoms with Crippen LogP contribution in [0.15, 0.2) is 6.20 Å². The maximum absolute atomic E-state index is 12.7. The van der Waals surface area contributed by atoms with Crippen molar-refractivity contribution in [2.45, 2.75) is 45.6 Å². The van der Waals surface area contributed by atoms with Crippen LogP contribution < -0.4 is 5.32 Å². The second-order valence-electron chi connectivity index (χ2n) is 7.98. The summed E-state index contributed by atoms with van der Waals surface area (Å²) in [4.78, 5) is 32.5. The summed E-state index contributed by atoms with van der Waals surface area (Å²) in [6, 6.07) is 0. The molecular formula is C18H23N5O2S. The van der Waals surface area contributed by atoms with E-state index in [1.54, 1.807) is 4.90 Å². The summed E-state index contributed by atoms with van der Waals surface area (Å²) in [5.74, 6) is -0.407. The Morgan fingerprint density at radius 3 is 2.81 bits per heavy atom. The van der Waals surface area contributed by atoms with Crippen LogP contribution in [0.4, 0.5) is 5.13 Å². The zero-order valence-electron chi connectivity index (χ0n) is 15.5. The van der Waals surface area contributed by atoms with Crippen LogP contribution in [0.25, 0.3) is 11.3 Å². The minimum absolute atomic E-state index is 0.0380. The number of anilines is 1. The molecule has 1 saturated heterocycles. The van der Waals surface area contributed by atoms with Crippen molar-refractivity contribution in [1.82, 2.24) is 19.7 Å². The van der Waals surface area contributed by atoms with Crippen LogP contribution in [0.3, 0.4) is 0 Å². The summed E-state index contributed by atoms with van der Waals surface area (Å²) in [5.41, 5.74) is 2.91. The summed E-state index contributed by atoms with van der Waals surface area (Å²) in [6.07, 6.45) is 3.96. The molecule has 1 aliphatic carbocycles. The van der Waals surface area contributed by atoms with Gasteiger partial charge in [0.1, 0.15) is 0 Å². The fourth-order valence-corrected chi connectivity index (χ4v) is 4.69. The summed E-state index contributed by atoms with van der Waals surface area (Å²) in [7, 11) is 1.94. The Labute approximate surface area is 156 Å². The molecule has 7 nitrogen and oxygen atoms in total. The van der Waals surface area contributed by atoms with Gasteiger partial charge >= 0.3 is 0 Å². The lowest BCUT2D eigenvalue weighted by atomic mass is 10.0. The van der Waals surface area contributed by atoms with Crippen molar-refractivity contribution >= 4 is 28.3 Å². The lowest BCUT2D eigenvalue weighted by Gasteiger charge is -2.31. The van der Waals surface area contributed by atoms with Gasteiger partial charge in [-0.25, -0.2) is 4.98 Å². The molecule has 1 N–H and O–H groups in total. The van der Waals surface area contributed by atoms with Gasteiger partial charge in [0.2, 0.25) is 11.8 Å². The Morgan fingerprint density at radius 2 is 2.12 bits per heavy atom. The van der Waals surface area contributed by atoms with E-state index in [0.717, 1.165) is 24.1 Å². The Bertz CT molecular complexity index is 892. The second kappa shape index (κ2) is 5.90. The van der Waals surface area contributed by atoms with E-state index in [2.05, 4.69) is 15.4 Å². The molecule has 2 aromatic heterocycles. The molecule has 1 atom stereocenters. The Hall–Kier alpha value is -2.22. The van der Waals surface area contributed by atoms with Gasteiger partial charge in [-0.05, 0) is 33.6 Å². The summed E-state index contributed by atoms with van der Waals surface area (Å²) in [6.45, 7) is 6.44. The molecule has 0 radical (unpaired) electrons. The molecular weight excluding hydrogens is 350 g/mol. The second-order valence-corrected chi connectivity index (χ2v) is 9.07. The molecule has 0 aromatic carbocycles. The normalized spacial score (nSPS) is 19.5. The van der Waals surface area contributed by atoms with Crippen LogP contribution >= 0.6 is 11.3 Å². The smallest absolute Gasteiger partial charge is 0.231 e. The highest BCUT2D eigenvalue weighted by Gasteiger charge is 2.39. The van der Waals surface area contributed by atoms with E-state index in [1.165, 1.54) is 21.9 Å². The van der Waals surface area contributed by atoms with Crippen LogP contribution in [0.1, 0.15) is 37.8 Å². The quantitative estimate of drug-likeness (QED) is 0.875. The molecule has 138 valence electrons. The topological polar surface area (TPSA) is 80.1 Å². The zero-order chi connectivity index (χ0) is 18.6. The number of carbonyl (C=O) groups excluding carboxylic acids is 2. The molecule has 2 aliphatic rings. The number of thiazole rings is 1. The molecule has 1 fully saturated rings. The predicted molar refractivity (Wildman–Crippen MR) is 99.9 cm³/mol. The van der Waals surface area contributed by atoms with Crippen molar-refractivity contribution in [2.24, 2.45) is 13.0 Å². The molecule has 0 bridgehead atoms. The van der Waals surface area contributed by atoms with E-state index in [-0.39, 0.29) is 29.7 Å². The monoisotopic (exact) mass is 373 g/mol. The molecule has 26 heavy (non-hydrogen) atoms. The van der Waals surface area contributed by atoms with Crippen molar-refractivity contribution in [3.63, 3.8) is 0 Å². The highest BCUT2D eigenvalue weighted by atomic mass is 32.1. The molecule has 2 amide bonds. The average Bonchev–Trinajstić information content (AvgIpc) is 3.23. The zero-order valence-corrected chi connectivity index (χ0v) is 16.3. The fourth-order valence-electron chi connectivity index (χ4n) is 3.71. The van der Waals surface area contributed by atoms with Crippen LogP contribution in [-0.2, 0) is 29.5 Å². The Kier molecular flexibility index (Phi) is 3.91. The summed E-state index contributed by atoms with van der Waals surface area (Å²) in [5, 5.41) is 7.86. The van der Waals surface area contributed by atoms with E-state index in [9.17, 15) is 9.59 Å². The fraction of sp³-hybridized carbons (Fsp3) is 0.556. The van der Waals surface area contributed by atoms with E-state index < -0.39 is 0 Å². The van der Waals surface area contributed by atoms with Crippen LogP contribution in [-0.4, -0.2) is 43.6 Å². The number of nitrogens with one attached hydrogen (secondary N) is 1. The van der Waals surface area contributed by atoms with Gasteiger partial charge in [0.05, 0.1) is 17.8 Å². The molecule has 8 heteroatoms. The maximum atomic E-state index is 12.7. The summed E-state index contributed by atoms with van der Waals surface area (Å²) < 4.78 is 1.89. The first-order valence-electron chi connectivity index (χ1n) is 8.86. The van der Waals surface area contributed by atoms with Crippen LogP contribution in [0.2, 0.25) is 0 Å². The van der Waals surface area contributed by atoms with Gasteiger partial charge in [-0.1, -0.05) is 0 Å². The standard InChI is InChI=1S/C18H23N5O2S/c1-18(2,3)23-9-10(7-14(23)24)16(25)21-17-20-15-11-8-19-22(4)12(11)5-6-13(15)26-17/h8,10H,5-7,9H2,1-4H3,(H,20,21,25)/t10-/m1/s1. The molecule has 4 rings (SSSR count). The number of aryl methyl sites for hydroxylation is 2. The van der Waals surface area contributed by atoms with Gasteiger partial charge in [-0.2, -0.15) is 5.10 Å². The van der Waals surface area contributed by atoms with Gasteiger partial charge in [0.15, 0.2) is 5.13 Å². The Balaban J connectivity index is 1.50. The molecule has 0 spiro atoms. The van der Waals surface area contributed by atoms with Crippen molar-refractivity contribution in [3.8, 4) is 11.3 Å². The number of fused-ring (bicyclic) bond motifs is 3. The highest BCUT2D eigenvalue weighted by molar-refractivity contribution is 7.16. The first-order chi connectivity index (χ1) is 12.2. The first-order valence-corrected chi connectivity index (χ1v) is 9.68. The van der Waals surface area contributed by atoms with Gasteiger partial charge in [-0.15, -0.1) is 11.3 Å². The molecule has 0 unspecified atom stereocenters. The number of hydrogen-bond acceptors (Lipinski definition) is 5. The van der Waals surface area contributed by atoms with Crippen molar-refractivity contribution < 1.29 is 9.59 Å². The molecule has 2 aromatic rings. The SMILES string of the molecule is Cn1ncc2c1CCc1sc(NC(=O)[C@@H]3CC(=O)N(C(C)(C)C)C3)nc1-2. The number of amides is 2. The number of nitrogens with zero attached hydrogens (tertiary/aromatic N) is 4. The minimum atomic E-state index is -0.323. The van der Waals surface area contributed by atoms with Gasteiger partial charge in [0, 0.05) is 41.7 Å². The number of aromatic nitrogens is 3. The highest BCUT2D eigenvalue weighted by Crippen LogP contribution is 2.38. The first kappa shape index (κ1) is 17.2. The average molecular weight is 373 g/mol. The Morgan fingerprint density at radius 1 is 1.35 bits per heavy atom. The molecule has 0 saturated carbocycles. The number of likely N-dealkylation sites (tertiary alicyclic amines) is 1. The van der Waals surface area contributed by atoms with Gasteiger partial charge < -0.3 is 10.2 Å². The van der Waals surface area contributed by atoms with Crippen molar-refractivity contribution in [2.75, 3.05) is 11.9 Å². The van der Waals surface area contributed by atoms with Gasteiger partial charge in [-0.3, -0.25) is 14.3 Å². The van der Waals surface area contributed by atoms with Crippen molar-refractivity contribution in [3.05, 3.63) is 16.8 Å².